The molecule has 0 aromatic heterocycles. The van der Waals surface area contributed by atoms with Crippen LogP contribution in [-0.2, 0) is 6.54 Å². The van der Waals surface area contributed by atoms with Gasteiger partial charge in [-0.25, -0.2) is 4.39 Å². The summed E-state index contributed by atoms with van der Waals surface area (Å²) in [6.45, 7) is 0.483. The van der Waals surface area contributed by atoms with Crippen LogP contribution in [-0.4, -0.2) is 6.54 Å². The minimum atomic E-state index is -0.314. The molecule has 0 spiro atoms. The highest BCUT2D eigenvalue weighted by Gasteiger charge is 1.99. The van der Waals surface area contributed by atoms with Gasteiger partial charge in [0.2, 0.25) is 0 Å². The van der Waals surface area contributed by atoms with Crippen LogP contribution >= 0.6 is 0 Å². The Labute approximate surface area is 76.7 Å². The van der Waals surface area contributed by atoms with E-state index in [-0.39, 0.29) is 18.9 Å². The first kappa shape index (κ1) is 9.72. The van der Waals surface area contributed by atoms with Gasteiger partial charge in [-0.1, -0.05) is 17.9 Å². The fourth-order valence-electron chi connectivity index (χ4n) is 0.944. The van der Waals surface area contributed by atoms with E-state index >= 15 is 0 Å². The molecule has 0 saturated heterocycles. The van der Waals surface area contributed by atoms with Crippen molar-refractivity contribution >= 4 is 0 Å². The van der Waals surface area contributed by atoms with Crippen molar-refractivity contribution in [3.63, 3.8) is 0 Å². The molecular formula is C10H11FN2. The van der Waals surface area contributed by atoms with E-state index in [0.29, 0.717) is 11.1 Å². The number of hydrogen-bond acceptors (Lipinski definition) is 2. The lowest BCUT2D eigenvalue weighted by atomic mass is 10.1. The average Bonchev–Trinajstić information content (AvgIpc) is 2.15. The largest absolute Gasteiger partial charge is 0.326 e. The van der Waals surface area contributed by atoms with Crippen molar-refractivity contribution in [3.8, 4) is 11.8 Å². The Hall–Kier alpha value is -1.37. The Bertz CT molecular complexity index is 350. The van der Waals surface area contributed by atoms with Crippen molar-refractivity contribution < 1.29 is 4.39 Å². The number of rotatable bonds is 1. The lowest BCUT2D eigenvalue weighted by molar-refractivity contribution is 0.610. The van der Waals surface area contributed by atoms with Gasteiger partial charge in [0, 0.05) is 17.7 Å². The monoisotopic (exact) mass is 178 g/mol. The van der Waals surface area contributed by atoms with Gasteiger partial charge in [-0.05, 0) is 12.1 Å². The molecule has 2 nitrogen and oxygen atoms in total. The summed E-state index contributed by atoms with van der Waals surface area (Å²) in [7, 11) is 0. The number of benzene rings is 1. The Balaban J connectivity index is 2.96. The fourth-order valence-corrected chi connectivity index (χ4v) is 0.944. The van der Waals surface area contributed by atoms with Gasteiger partial charge in [0.05, 0.1) is 6.54 Å². The van der Waals surface area contributed by atoms with Crippen LogP contribution in [0.2, 0.25) is 0 Å². The van der Waals surface area contributed by atoms with E-state index in [4.69, 9.17) is 11.5 Å². The van der Waals surface area contributed by atoms with E-state index in [1.54, 1.807) is 12.1 Å². The Morgan fingerprint density at radius 2 is 2.08 bits per heavy atom. The molecule has 0 heterocycles. The minimum Gasteiger partial charge on any atom is -0.326 e. The zero-order chi connectivity index (χ0) is 9.68. The van der Waals surface area contributed by atoms with Gasteiger partial charge in [-0.15, -0.1) is 0 Å². The van der Waals surface area contributed by atoms with Crippen molar-refractivity contribution in [1.82, 2.24) is 0 Å². The van der Waals surface area contributed by atoms with Gasteiger partial charge in [0.15, 0.2) is 0 Å². The normalized spacial score (nSPS) is 9.15. The number of halogens is 1. The van der Waals surface area contributed by atoms with E-state index < -0.39 is 0 Å². The van der Waals surface area contributed by atoms with Gasteiger partial charge < -0.3 is 11.5 Å². The molecule has 0 radical (unpaired) electrons. The van der Waals surface area contributed by atoms with Crippen LogP contribution in [0, 0.1) is 17.7 Å². The summed E-state index contributed by atoms with van der Waals surface area (Å²) >= 11 is 0. The molecule has 13 heavy (non-hydrogen) atoms. The molecule has 0 saturated carbocycles. The zero-order valence-electron chi connectivity index (χ0n) is 7.18. The quantitative estimate of drug-likeness (QED) is 0.618. The molecule has 0 fully saturated rings. The molecule has 0 bridgehead atoms. The highest BCUT2D eigenvalue weighted by atomic mass is 19.1. The first-order valence-corrected chi connectivity index (χ1v) is 3.95. The Morgan fingerprint density at radius 1 is 1.31 bits per heavy atom. The average molecular weight is 178 g/mol. The van der Waals surface area contributed by atoms with Crippen LogP contribution in [0.15, 0.2) is 18.2 Å². The first-order chi connectivity index (χ1) is 6.27. The van der Waals surface area contributed by atoms with Crippen molar-refractivity contribution in [2.75, 3.05) is 6.54 Å². The van der Waals surface area contributed by atoms with E-state index in [2.05, 4.69) is 11.8 Å². The Morgan fingerprint density at radius 3 is 2.62 bits per heavy atom. The molecule has 0 atom stereocenters. The third kappa shape index (κ3) is 2.55. The topological polar surface area (TPSA) is 52.0 Å². The lowest BCUT2D eigenvalue weighted by Crippen LogP contribution is -1.99. The van der Waals surface area contributed by atoms with Crippen LogP contribution in [0.25, 0.3) is 0 Å². The molecule has 1 aromatic carbocycles. The smallest absolute Gasteiger partial charge is 0.128 e. The molecule has 0 aliphatic rings. The second kappa shape index (κ2) is 4.61. The Kier molecular flexibility index (Phi) is 3.44. The SMILES string of the molecule is NCC#Cc1ccc(CN)c(F)c1. The first-order valence-electron chi connectivity index (χ1n) is 3.95. The molecule has 68 valence electrons. The maximum absolute atomic E-state index is 13.1. The van der Waals surface area contributed by atoms with Gasteiger partial charge in [0.1, 0.15) is 5.82 Å². The number of hydrogen-bond donors (Lipinski definition) is 2. The summed E-state index contributed by atoms with van der Waals surface area (Å²) in [6, 6.07) is 4.73. The maximum Gasteiger partial charge on any atom is 0.128 e. The summed E-state index contributed by atoms with van der Waals surface area (Å²) in [5.74, 6) is 5.08. The summed E-state index contributed by atoms with van der Waals surface area (Å²) in [5.41, 5.74) is 11.6. The molecule has 3 heteroatoms. The van der Waals surface area contributed by atoms with Crippen molar-refractivity contribution in [2.24, 2.45) is 11.5 Å². The van der Waals surface area contributed by atoms with E-state index in [1.807, 2.05) is 0 Å². The van der Waals surface area contributed by atoms with E-state index in [9.17, 15) is 4.39 Å². The summed E-state index contributed by atoms with van der Waals surface area (Å²) in [4.78, 5) is 0. The standard InChI is InChI=1S/C10H11FN2/c11-10-6-8(2-1-5-12)3-4-9(10)7-13/h3-4,6H,5,7,12-13H2. The molecular weight excluding hydrogens is 167 g/mol. The van der Waals surface area contributed by atoms with Crippen LogP contribution in [0.4, 0.5) is 4.39 Å². The molecule has 0 aliphatic carbocycles. The van der Waals surface area contributed by atoms with Crippen LogP contribution in [0.5, 0.6) is 0 Å². The summed E-state index contributed by atoms with van der Waals surface area (Å²) in [5, 5.41) is 0. The second-order valence-corrected chi connectivity index (χ2v) is 2.52. The summed E-state index contributed by atoms with van der Waals surface area (Å²) < 4.78 is 13.1. The van der Waals surface area contributed by atoms with Gasteiger partial charge >= 0.3 is 0 Å². The van der Waals surface area contributed by atoms with Crippen molar-refractivity contribution in [2.45, 2.75) is 6.54 Å². The van der Waals surface area contributed by atoms with Gasteiger partial charge in [0.25, 0.3) is 0 Å². The predicted molar refractivity (Wildman–Crippen MR) is 50.2 cm³/mol. The molecule has 1 rings (SSSR count). The third-order valence-corrected chi connectivity index (χ3v) is 1.61. The van der Waals surface area contributed by atoms with Crippen LogP contribution < -0.4 is 11.5 Å². The number of nitrogens with two attached hydrogens (primary N) is 2. The highest BCUT2D eigenvalue weighted by molar-refractivity contribution is 5.37. The van der Waals surface area contributed by atoms with E-state index in [1.165, 1.54) is 6.07 Å². The highest BCUT2D eigenvalue weighted by Crippen LogP contribution is 2.08. The molecule has 0 aliphatic heterocycles. The van der Waals surface area contributed by atoms with Crippen LogP contribution in [0.3, 0.4) is 0 Å². The summed E-state index contributed by atoms with van der Waals surface area (Å²) in [6.07, 6.45) is 0. The fraction of sp³-hybridized carbons (Fsp3) is 0.200. The van der Waals surface area contributed by atoms with Crippen molar-refractivity contribution in [1.29, 1.82) is 0 Å². The molecule has 4 N–H and O–H groups in total. The maximum atomic E-state index is 13.1. The molecule has 0 amide bonds. The van der Waals surface area contributed by atoms with E-state index in [0.717, 1.165) is 0 Å². The van der Waals surface area contributed by atoms with Crippen LogP contribution in [0.1, 0.15) is 11.1 Å². The molecule has 0 unspecified atom stereocenters. The van der Waals surface area contributed by atoms with Gasteiger partial charge in [-0.3, -0.25) is 0 Å². The third-order valence-electron chi connectivity index (χ3n) is 1.61. The minimum absolute atomic E-state index is 0.205. The predicted octanol–water partition coefficient (Wildman–Crippen LogP) is 0.595. The second-order valence-electron chi connectivity index (χ2n) is 2.52. The van der Waals surface area contributed by atoms with Gasteiger partial charge in [-0.2, -0.15) is 0 Å². The zero-order valence-corrected chi connectivity index (χ0v) is 7.18. The lowest BCUT2D eigenvalue weighted by Gasteiger charge is -1.98. The van der Waals surface area contributed by atoms with Crippen molar-refractivity contribution in [3.05, 3.63) is 35.1 Å². The molecule has 1 aromatic rings.